The van der Waals surface area contributed by atoms with Crippen molar-refractivity contribution in [2.24, 2.45) is 7.05 Å². The molecule has 19 heavy (non-hydrogen) atoms. The zero-order valence-corrected chi connectivity index (χ0v) is 10.7. The second-order valence-corrected chi connectivity index (χ2v) is 4.65. The van der Waals surface area contributed by atoms with Crippen LogP contribution in [-0.2, 0) is 11.8 Å². The summed E-state index contributed by atoms with van der Waals surface area (Å²) >= 11 is 1.01. The van der Waals surface area contributed by atoms with Gasteiger partial charge in [0.2, 0.25) is 0 Å². The van der Waals surface area contributed by atoms with Crippen LogP contribution >= 0.6 is 11.8 Å². The van der Waals surface area contributed by atoms with Crippen LogP contribution < -0.4 is 0 Å². The van der Waals surface area contributed by atoms with E-state index in [-0.39, 0.29) is 11.5 Å². The van der Waals surface area contributed by atoms with E-state index < -0.39 is 11.8 Å². The summed E-state index contributed by atoms with van der Waals surface area (Å²) in [4.78, 5) is 10.5. The van der Waals surface area contributed by atoms with Gasteiger partial charge in [-0.05, 0) is 12.1 Å². The predicted octanol–water partition coefficient (Wildman–Crippen LogP) is 1.50. The van der Waals surface area contributed by atoms with Gasteiger partial charge in [0.15, 0.2) is 11.0 Å². The van der Waals surface area contributed by atoms with E-state index in [1.807, 2.05) is 0 Å². The van der Waals surface area contributed by atoms with Gasteiger partial charge in [-0.25, -0.2) is 4.39 Å². The number of carboxylic acids is 1. The summed E-state index contributed by atoms with van der Waals surface area (Å²) in [5.74, 6) is -1.56. The van der Waals surface area contributed by atoms with Gasteiger partial charge >= 0.3 is 5.97 Å². The lowest BCUT2D eigenvalue weighted by Crippen LogP contribution is -2.01. The van der Waals surface area contributed by atoms with Gasteiger partial charge in [0.05, 0.1) is 11.3 Å². The highest BCUT2D eigenvalue weighted by Crippen LogP contribution is 2.29. The molecule has 100 valence electrons. The molecule has 2 rings (SSSR count). The highest BCUT2D eigenvalue weighted by atomic mass is 32.2. The van der Waals surface area contributed by atoms with Crippen molar-refractivity contribution in [1.29, 1.82) is 0 Å². The first-order valence-corrected chi connectivity index (χ1v) is 6.20. The number of thioether (sulfide) groups is 1. The molecular formula is C11H10FN3O3S. The molecule has 0 spiro atoms. The standard InChI is InChI=1S/C11H10FN3O3S/c1-15-10(7-3-2-6(12)4-8(7)16)13-14-11(15)19-5-9(17)18/h2-4,16H,5H2,1H3,(H,17,18). The second-order valence-electron chi connectivity index (χ2n) is 3.71. The van der Waals surface area contributed by atoms with E-state index in [9.17, 15) is 14.3 Å². The average Bonchev–Trinajstić information content (AvgIpc) is 2.68. The number of aliphatic carboxylic acids is 1. The normalized spacial score (nSPS) is 10.6. The van der Waals surface area contributed by atoms with Crippen molar-refractivity contribution < 1.29 is 19.4 Å². The third-order valence-electron chi connectivity index (χ3n) is 2.36. The minimum Gasteiger partial charge on any atom is -0.507 e. The molecule has 0 fully saturated rings. The van der Waals surface area contributed by atoms with Crippen LogP contribution in [0.15, 0.2) is 23.4 Å². The minimum atomic E-state index is -0.959. The molecule has 1 heterocycles. The van der Waals surface area contributed by atoms with E-state index in [1.54, 1.807) is 11.6 Å². The summed E-state index contributed by atoms with van der Waals surface area (Å²) < 4.78 is 14.4. The number of carboxylic acid groups (broad SMARTS) is 1. The molecule has 0 unspecified atom stereocenters. The summed E-state index contributed by atoms with van der Waals surface area (Å²) in [6.45, 7) is 0. The number of hydrogen-bond acceptors (Lipinski definition) is 5. The number of phenols is 1. The molecule has 1 aromatic carbocycles. The molecule has 0 radical (unpaired) electrons. The summed E-state index contributed by atoms with van der Waals surface area (Å²) in [6.07, 6.45) is 0. The number of halogens is 1. The Morgan fingerprint density at radius 2 is 2.21 bits per heavy atom. The molecule has 0 aliphatic carbocycles. The third kappa shape index (κ3) is 2.84. The Balaban J connectivity index is 2.33. The summed E-state index contributed by atoms with van der Waals surface area (Å²) in [7, 11) is 1.64. The van der Waals surface area contributed by atoms with E-state index >= 15 is 0 Å². The molecule has 0 atom stereocenters. The Kier molecular flexibility index (Phi) is 3.70. The maximum Gasteiger partial charge on any atom is 0.313 e. The Hall–Kier alpha value is -2.09. The number of carbonyl (C=O) groups is 1. The van der Waals surface area contributed by atoms with Gasteiger partial charge in [-0.2, -0.15) is 0 Å². The van der Waals surface area contributed by atoms with Crippen molar-refractivity contribution in [3.05, 3.63) is 24.0 Å². The topological polar surface area (TPSA) is 88.2 Å². The van der Waals surface area contributed by atoms with Gasteiger partial charge in [-0.1, -0.05) is 11.8 Å². The maximum atomic E-state index is 12.9. The van der Waals surface area contributed by atoms with Crippen molar-refractivity contribution in [3.8, 4) is 17.1 Å². The number of nitrogens with zero attached hydrogens (tertiary/aromatic N) is 3. The van der Waals surface area contributed by atoms with Gasteiger partial charge in [0.25, 0.3) is 0 Å². The molecular weight excluding hydrogens is 273 g/mol. The van der Waals surface area contributed by atoms with Crippen LogP contribution in [0.4, 0.5) is 4.39 Å². The number of benzene rings is 1. The molecule has 8 heteroatoms. The monoisotopic (exact) mass is 283 g/mol. The molecule has 2 aromatic rings. The number of hydrogen-bond donors (Lipinski definition) is 2. The Morgan fingerprint density at radius 3 is 2.84 bits per heavy atom. The SMILES string of the molecule is Cn1c(SCC(=O)O)nnc1-c1ccc(F)cc1O. The zero-order valence-electron chi connectivity index (χ0n) is 9.87. The van der Waals surface area contributed by atoms with Crippen molar-refractivity contribution >= 4 is 17.7 Å². The zero-order chi connectivity index (χ0) is 14.0. The highest BCUT2D eigenvalue weighted by molar-refractivity contribution is 7.99. The van der Waals surface area contributed by atoms with Gasteiger partial charge in [0.1, 0.15) is 11.6 Å². The largest absolute Gasteiger partial charge is 0.507 e. The molecule has 1 aromatic heterocycles. The molecule has 0 aliphatic heterocycles. The van der Waals surface area contributed by atoms with Gasteiger partial charge in [-0.3, -0.25) is 4.79 Å². The fourth-order valence-electron chi connectivity index (χ4n) is 1.50. The number of aromatic nitrogens is 3. The third-order valence-corrected chi connectivity index (χ3v) is 3.37. The first-order valence-electron chi connectivity index (χ1n) is 5.22. The fourth-order valence-corrected chi connectivity index (χ4v) is 2.13. The Morgan fingerprint density at radius 1 is 1.47 bits per heavy atom. The van der Waals surface area contributed by atoms with Crippen LogP contribution in [0.1, 0.15) is 0 Å². The van der Waals surface area contributed by atoms with Crippen LogP contribution in [-0.4, -0.2) is 36.7 Å². The van der Waals surface area contributed by atoms with Gasteiger partial charge < -0.3 is 14.8 Å². The lowest BCUT2D eigenvalue weighted by atomic mass is 10.2. The van der Waals surface area contributed by atoms with Crippen molar-refractivity contribution in [3.63, 3.8) is 0 Å². The van der Waals surface area contributed by atoms with Crippen LogP contribution in [0.2, 0.25) is 0 Å². The smallest absolute Gasteiger partial charge is 0.313 e. The molecule has 0 saturated carbocycles. The van der Waals surface area contributed by atoms with E-state index in [0.29, 0.717) is 16.5 Å². The first-order chi connectivity index (χ1) is 8.99. The summed E-state index contributed by atoms with van der Waals surface area (Å²) in [5.41, 5.74) is 0.332. The number of phenolic OH excluding ortho intramolecular Hbond substituents is 1. The average molecular weight is 283 g/mol. The first kappa shape index (κ1) is 13.3. The number of aromatic hydroxyl groups is 1. The Labute approximate surface area is 111 Å². The quantitative estimate of drug-likeness (QED) is 0.827. The van der Waals surface area contributed by atoms with Crippen molar-refractivity contribution in [2.75, 3.05) is 5.75 Å². The molecule has 0 saturated heterocycles. The second kappa shape index (κ2) is 5.27. The summed E-state index contributed by atoms with van der Waals surface area (Å²) in [5, 5.41) is 26.4. The van der Waals surface area contributed by atoms with E-state index in [2.05, 4.69) is 10.2 Å². The van der Waals surface area contributed by atoms with Crippen molar-refractivity contribution in [2.45, 2.75) is 5.16 Å². The summed E-state index contributed by atoms with van der Waals surface area (Å²) in [6, 6.07) is 3.57. The van der Waals surface area contributed by atoms with Crippen LogP contribution in [0.3, 0.4) is 0 Å². The van der Waals surface area contributed by atoms with E-state index in [4.69, 9.17) is 5.11 Å². The van der Waals surface area contributed by atoms with Crippen LogP contribution in [0.5, 0.6) is 5.75 Å². The van der Waals surface area contributed by atoms with Crippen molar-refractivity contribution in [1.82, 2.24) is 14.8 Å². The maximum absolute atomic E-state index is 12.9. The lowest BCUT2D eigenvalue weighted by molar-refractivity contribution is -0.133. The fraction of sp³-hybridized carbons (Fsp3) is 0.182. The molecule has 0 amide bonds. The van der Waals surface area contributed by atoms with Gasteiger partial charge in [0, 0.05) is 13.1 Å². The highest BCUT2D eigenvalue weighted by Gasteiger charge is 2.15. The molecule has 0 bridgehead atoms. The molecule has 2 N–H and O–H groups in total. The predicted molar refractivity (Wildman–Crippen MR) is 66.4 cm³/mol. The Bertz CT molecular complexity index is 630. The number of rotatable bonds is 4. The lowest BCUT2D eigenvalue weighted by Gasteiger charge is -2.05. The van der Waals surface area contributed by atoms with E-state index in [0.717, 1.165) is 17.8 Å². The van der Waals surface area contributed by atoms with Crippen LogP contribution in [0.25, 0.3) is 11.4 Å². The van der Waals surface area contributed by atoms with E-state index in [1.165, 1.54) is 12.1 Å². The minimum absolute atomic E-state index is 0.138. The molecule has 6 nitrogen and oxygen atoms in total. The van der Waals surface area contributed by atoms with Gasteiger partial charge in [-0.15, -0.1) is 10.2 Å². The molecule has 0 aliphatic rings. The van der Waals surface area contributed by atoms with Crippen LogP contribution in [0, 0.1) is 5.82 Å².